The molecule has 0 bridgehead atoms. The first-order valence-electron chi connectivity index (χ1n) is 9.66. The number of ether oxygens (including phenoxy) is 2. The Balaban J connectivity index is 1.51. The van der Waals surface area contributed by atoms with Gasteiger partial charge in [-0.1, -0.05) is 31.9 Å². The first-order valence-corrected chi connectivity index (χ1v) is 9.66. The fraction of sp³-hybridized carbons (Fsp3) is 0.714. The summed E-state index contributed by atoms with van der Waals surface area (Å²) >= 11 is 0. The molecule has 3 nitrogen and oxygen atoms in total. The molecule has 0 amide bonds. The van der Waals surface area contributed by atoms with E-state index in [9.17, 15) is 0 Å². The summed E-state index contributed by atoms with van der Waals surface area (Å²) in [5.74, 6) is 1.82. The molecule has 1 aliphatic heterocycles. The highest BCUT2D eigenvalue weighted by molar-refractivity contribution is 5.36. The molecule has 1 heterocycles. The van der Waals surface area contributed by atoms with Crippen molar-refractivity contribution >= 4 is 0 Å². The third-order valence-corrected chi connectivity index (χ3v) is 5.77. The number of hydrogen-bond donors (Lipinski definition) is 0. The van der Waals surface area contributed by atoms with Crippen molar-refractivity contribution in [1.29, 1.82) is 0 Å². The molecular weight excluding hydrogens is 298 g/mol. The first kappa shape index (κ1) is 17.8. The topological polar surface area (TPSA) is 21.7 Å². The maximum atomic E-state index is 6.37. The smallest absolute Gasteiger partial charge is 0.121 e. The molecule has 1 saturated carbocycles. The van der Waals surface area contributed by atoms with E-state index in [1.807, 2.05) is 0 Å². The maximum Gasteiger partial charge on any atom is 0.121 e. The number of likely N-dealkylation sites (tertiary alicyclic amines) is 1. The molecule has 1 aliphatic carbocycles. The summed E-state index contributed by atoms with van der Waals surface area (Å²) in [5.41, 5.74) is 2.55. The monoisotopic (exact) mass is 331 g/mol. The molecule has 0 N–H and O–H groups in total. The van der Waals surface area contributed by atoms with Crippen LogP contribution in [-0.2, 0) is 11.2 Å². The minimum atomic E-state index is 0.434. The van der Waals surface area contributed by atoms with Crippen LogP contribution in [0.25, 0.3) is 0 Å². The minimum Gasteiger partial charge on any atom is -0.496 e. The Bertz CT molecular complexity index is 531. The van der Waals surface area contributed by atoms with Gasteiger partial charge in [0, 0.05) is 12.6 Å². The summed E-state index contributed by atoms with van der Waals surface area (Å²) in [4.78, 5) is 2.70. The molecule has 3 rings (SSSR count). The van der Waals surface area contributed by atoms with Crippen molar-refractivity contribution in [3.8, 4) is 5.75 Å². The quantitative estimate of drug-likeness (QED) is 0.779. The number of methoxy groups -OCH3 is 1. The summed E-state index contributed by atoms with van der Waals surface area (Å²) in [6.07, 6.45) is 8.03. The van der Waals surface area contributed by atoms with Gasteiger partial charge in [-0.15, -0.1) is 0 Å². The van der Waals surface area contributed by atoms with Gasteiger partial charge in [-0.25, -0.2) is 0 Å². The van der Waals surface area contributed by atoms with Crippen LogP contribution in [0.2, 0.25) is 0 Å². The SMILES string of the molecule is COc1ccc(CCO[C@H]2CCCCC2N2CC[C@H](C)C2)cc1C. The second kappa shape index (κ2) is 8.35. The highest BCUT2D eigenvalue weighted by Crippen LogP contribution is 2.30. The fourth-order valence-corrected chi connectivity index (χ4v) is 4.38. The molecule has 1 saturated heterocycles. The van der Waals surface area contributed by atoms with E-state index in [-0.39, 0.29) is 0 Å². The number of rotatable bonds is 6. The van der Waals surface area contributed by atoms with Crippen LogP contribution in [0.3, 0.4) is 0 Å². The van der Waals surface area contributed by atoms with Crippen molar-refractivity contribution in [1.82, 2.24) is 4.90 Å². The van der Waals surface area contributed by atoms with Gasteiger partial charge in [0.2, 0.25) is 0 Å². The molecule has 3 atom stereocenters. The molecule has 3 heteroatoms. The van der Waals surface area contributed by atoms with Gasteiger partial charge in [0.15, 0.2) is 0 Å². The summed E-state index contributed by atoms with van der Waals surface area (Å²) in [5, 5.41) is 0. The first-order chi connectivity index (χ1) is 11.7. The standard InChI is InChI=1S/C21H33NO2/c1-16-10-12-22(15-16)19-6-4-5-7-21(19)24-13-11-18-8-9-20(23-3)17(2)14-18/h8-9,14,16,19,21H,4-7,10-13,15H2,1-3H3/t16-,19?,21-/m0/s1. The average molecular weight is 332 g/mol. The molecule has 24 heavy (non-hydrogen) atoms. The number of benzene rings is 1. The van der Waals surface area contributed by atoms with E-state index in [0.717, 1.165) is 24.7 Å². The van der Waals surface area contributed by atoms with E-state index >= 15 is 0 Å². The molecule has 0 aromatic heterocycles. The average Bonchev–Trinajstić information content (AvgIpc) is 3.02. The van der Waals surface area contributed by atoms with Crippen molar-refractivity contribution in [2.24, 2.45) is 5.92 Å². The minimum absolute atomic E-state index is 0.434. The van der Waals surface area contributed by atoms with Crippen molar-refractivity contribution in [2.75, 3.05) is 26.8 Å². The molecule has 1 aromatic rings. The molecule has 1 unspecified atom stereocenters. The summed E-state index contributed by atoms with van der Waals surface area (Å²) < 4.78 is 11.7. The third-order valence-electron chi connectivity index (χ3n) is 5.77. The zero-order chi connectivity index (χ0) is 16.9. The summed E-state index contributed by atoms with van der Waals surface area (Å²) in [7, 11) is 1.73. The zero-order valence-corrected chi connectivity index (χ0v) is 15.6. The fourth-order valence-electron chi connectivity index (χ4n) is 4.38. The number of hydrogen-bond acceptors (Lipinski definition) is 3. The molecule has 0 spiro atoms. The lowest BCUT2D eigenvalue weighted by Gasteiger charge is -2.38. The number of aryl methyl sites for hydroxylation is 1. The Labute approximate surface area is 147 Å². The molecule has 134 valence electrons. The van der Waals surface area contributed by atoms with E-state index in [4.69, 9.17) is 9.47 Å². The van der Waals surface area contributed by atoms with Crippen molar-refractivity contribution < 1.29 is 9.47 Å². The second-order valence-corrected chi connectivity index (χ2v) is 7.70. The predicted octanol–water partition coefficient (Wildman–Crippen LogP) is 4.22. The van der Waals surface area contributed by atoms with Crippen LogP contribution in [-0.4, -0.2) is 43.9 Å². The lowest BCUT2D eigenvalue weighted by atomic mass is 9.91. The molecular formula is C21H33NO2. The largest absolute Gasteiger partial charge is 0.496 e. The summed E-state index contributed by atoms with van der Waals surface area (Å²) in [6.45, 7) is 7.85. The van der Waals surface area contributed by atoms with E-state index in [1.165, 1.54) is 56.3 Å². The van der Waals surface area contributed by atoms with Crippen LogP contribution < -0.4 is 4.74 Å². The molecule has 2 aliphatic rings. The molecule has 1 aromatic carbocycles. The van der Waals surface area contributed by atoms with Gasteiger partial charge in [0.25, 0.3) is 0 Å². The Morgan fingerprint density at radius 2 is 2.00 bits per heavy atom. The lowest BCUT2D eigenvalue weighted by Crippen LogP contribution is -2.45. The highest BCUT2D eigenvalue weighted by atomic mass is 16.5. The second-order valence-electron chi connectivity index (χ2n) is 7.70. The zero-order valence-electron chi connectivity index (χ0n) is 15.6. The van der Waals surface area contributed by atoms with Crippen LogP contribution in [0, 0.1) is 12.8 Å². The van der Waals surface area contributed by atoms with Gasteiger partial charge in [0.05, 0.1) is 19.8 Å². The van der Waals surface area contributed by atoms with E-state index in [0.29, 0.717) is 12.1 Å². The number of nitrogens with zero attached hydrogens (tertiary/aromatic N) is 1. The molecule has 2 fully saturated rings. The predicted molar refractivity (Wildman–Crippen MR) is 98.8 cm³/mol. The van der Waals surface area contributed by atoms with Gasteiger partial charge in [0.1, 0.15) is 5.75 Å². The van der Waals surface area contributed by atoms with Crippen LogP contribution >= 0.6 is 0 Å². The van der Waals surface area contributed by atoms with Gasteiger partial charge < -0.3 is 9.47 Å². The summed E-state index contributed by atoms with van der Waals surface area (Å²) in [6, 6.07) is 7.11. The van der Waals surface area contributed by atoms with Gasteiger partial charge in [-0.05, 0) is 62.3 Å². The third kappa shape index (κ3) is 4.31. The van der Waals surface area contributed by atoms with Crippen LogP contribution in [0.1, 0.15) is 50.2 Å². The van der Waals surface area contributed by atoms with Crippen molar-refractivity contribution in [3.05, 3.63) is 29.3 Å². The van der Waals surface area contributed by atoms with Crippen LogP contribution in [0.4, 0.5) is 0 Å². The van der Waals surface area contributed by atoms with E-state index < -0.39 is 0 Å². The van der Waals surface area contributed by atoms with Crippen molar-refractivity contribution in [3.63, 3.8) is 0 Å². The van der Waals surface area contributed by atoms with E-state index in [1.54, 1.807) is 7.11 Å². The maximum absolute atomic E-state index is 6.37. The Hall–Kier alpha value is -1.06. The lowest BCUT2D eigenvalue weighted by molar-refractivity contribution is -0.0298. The highest BCUT2D eigenvalue weighted by Gasteiger charge is 2.33. The Morgan fingerprint density at radius 3 is 2.71 bits per heavy atom. The molecule has 0 radical (unpaired) electrons. The van der Waals surface area contributed by atoms with Crippen molar-refractivity contribution in [2.45, 2.75) is 64.5 Å². The van der Waals surface area contributed by atoms with Gasteiger partial charge >= 0.3 is 0 Å². The normalized spacial score (nSPS) is 28.2. The van der Waals surface area contributed by atoms with E-state index in [2.05, 4.69) is 36.9 Å². The Morgan fingerprint density at radius 1 is 1.17 bits per heavy atom. The van der Waals surface area contributed by atoms with Gasteiger partial charge in [-0.2, -0.15) is 0 Å². The Kier molecular flexibility index (Phi) is 6.18. The van der Waals surface area contributed by atoms with Gasteiger partial charge in [-0.3, -0.25) is 4.90 Å². The van der Waals surface area contributed by atoms with Crippen LogP contribution in [0.5, 0.6) is 5.75 Å². The van der Waals surface area contributed by atoms with Crippen LogP contribution in [0.15, 0.2) is 18.2 Å².